The van der Waals surface area contributed by atoms with Gasteiger partial charge in [-0.2, -0.15) is 0 Å². The molecule has 6 nitrogen and oxygen atoms in total. The first kappa shape index (κ1) is 18.5. The molecule has 3 aliphatic rings. The Bertz CT molecular complexity index is 707. The Hall–Kier alpha value is -1.86. The minimum Gasteiger partial charge on any atom is -0.467 e. The molecule has 0 radical (unpaired) electrons. The molecule has 2 unspecified atom stereocenters. The fraction of sp³-hybridized carbons (Fsp3) is 0.650. The lowest BCUT2D eigenvalue weighted by Gasteiger charge is -2.22. The van der Waals surface area contributed by atoms with E-state index in [0.717, 1.165) is 42.8 Å². The average Bonchev–Trinajstić information content (AvgIpc) is 3.44. The monoisotopic (exact) mass is 376 g/mol. The van der Waals surface area contributed by atoms with Crippen molar-refractivity contribution in [3.8, 4) is 5.75 Å². The molecule has 2 fully saturated rings. The number of nitrogens with zero attached hydrogens (tertiary/aromatic N) is 2. The van der Waals surface area contributed by atoms with Crippen LogP contribution in [0.15, 0.2) is 17.1 Å². The summed E-state index contributed by atoms with van der Waals surface area (Å²) in [5, 5.41) is 6.90. The van der Waals surface area contributed by atoms with Crippen LogP contribution in [-0.4, -0.2) is 49.4 Å². The van der Waals surface area contributed by atoms with Gasteiger partial charge in [0.1, 0.15) is 11.6 Å². The van der Waals surface area contributed by atoms with Crippen molar-refractivity contribution in [2.45, 2.75) is 51.9 Å². The van der Waals surface area contributed by atoms with Gasteiger partial charge in [-0.3, -0.25) is 4.90 Å². The molecule has 1 saturated heterocycles. The number of fused-ring (bicyclic) bond motifs is 1. The average molecular weight is 376 g/mol. The number of rotatable bonds is 5. The maximum Gasteiger partial charge on any atom is 0.191 e. The van der Waals surface area contributed by atoms with Crippen LogP contribution in [0.25, 0.3) is 0 Å². The van der Waals surface area contributed by atoms with Gasteiger partial charge in [-0.15, -0.1) is 0 Å². The molecule has 148 valence electrons. The summed E-state index contributed by atoms with van der Waals surface area (Å²) in [5.41, 5.74) is 1.50. The Morgan fingerprint density at radius 1 is 1.33 bits per heavy atom. The number of likely N-dealkylation sites (tertiary alicyclic amines) is 1. The number of guanidine groups is 1. The molecule has 0 aromatic heterocycles. The van der Waals surface area contributed by atoms with Crippen molar-refractivity contribution in [1.82, 2.24) is 15.5 Å². The molecule has 2 heterocycles. The largest absolute Gasteiger partial charge is 0.467 e. The molecule has 7 heteroatoms. The van der Waals surface area contributed by atoms with Gasteiger partial charge >= 0.3 is 0 Å². The topological polar surface area (TPSA) is 58.1 Å². The van der Waals surface area contributed by atoms with E-state index in [1.165, 1.54) is 25.0 Å². The lowest BCUT2D eigenvalue weighted by atomic mass is 10.1. The third-order valence-electron chi connectivity index (χ3n) is 5.53. The number of nitrogens with one attached hydrogen (secondary N) is 2. The van der Waals surface area contributed by atoms with Crippen molar-refractivity contribution >= 4 is 5.96 Å². The first-order valence-electron chi connectivity index (χ1n) is 9.94. The lowest BCUT2D eigenvalue weighted by molar-refractivity contribution is -0.0172. The van der Waals surface area contributed by atoms with Gasteiger partial charge in [-0.05, 0) is 37.8 Å². The molecule has 1 saturated carbocycles. The van der Waals surface area contributed by atoms with Crippen LogP contribution >= 0.6 is 0 Å². The minimum absolute atomic E-state index is 0.199. The van der Waals surface area contributed by atoms with Gasteiger partial charge in [-0.25, -0.2) is 9.38 Å². The van der Waals surface area contributed by atoms with Crippen LogP contribution in [0.5, 0.6) is 5.75 Å². The fourth-order valence-electron chi connectivity index (χ4n) is 3.96. The van der Waals surface area contributed by atoms with E-state index in [9.17, 15) is 4.39 Å². The summed E-state index contributed by atoms with van der Waals surface area (Å²) < 4.78 is 24.8. The highest BCUT2D eigenvalue weighted by atomic mass is 19.1. The summed E-state index contributed by atoms with van der Waals surface area (Å²) in [4.78, 5) is 7.29. The van der Waals surface area contributed by atoms with Crippen LogP contribution in [0.2, 0.25) is 0 Å². The standard InChI is InChI=1S/C20H29FN4O2/c1-3-22-20(24-18-10-25(9-13(18)2)17-4-5-17)23-8-14-6-16(21)7-15-11-26-12-27-19(14)15/h6-7,13,17-18H,3-5,8-12H2,1-2H3,(H2,22,23,24). The molecule has 2 N–H and O–H groups in total. The number of halogens is 1. The van der Waals surface area contributed by atoms with E-state index in [-0.39, 0.29) is 12.6 Å². The minimum atomic E-state index is -0.282. The summed E-state index contributed by atoms with van der Waals surface area (Å²) in [7, 11) is 0. The summed E-state index contributed by atoms with van der Waals surface area (Å²) in [5.74, 6) is 1.78. The highest BCUT2D eigenvalue weighted by Gasteiger charge is 2.38. The van der Waals surface area contributed by atoms with Crippen molar-refractivity contribution in [2.75, 3.05) is 26.4 Å². The number of hydrogen-bond acceptors (Lipinski definition) is 4. The van der Waals surface area contributed by atoms with E-state index in [0.29, 0.717) is 30.9 Å². The molecular weight excluding hydrogens is 347 g/mol. The second-order valence-electron chi connectivity index (χ2n) is 7.77. The molecule has 2 aliphatic heterocycles. The van der Waals surface area contributed by atoms with Crippen molar-refractivity contribution in [1.29, 1.82) is 0 Å². The summed E-state index contributed by atoms with van der Waals surface area (Å²) in [6, 6.07) is 4.15. The van der Waals surface area contributed by atoms with Crippen molar-refractivity contribution < 1.29 is 13.9 Å². The zero-order valence-corrected chi connectivity index (χ0v) is 16.1. The van der Waals surface area contributed by atoms with Gasteiger partial charge in [-0.1, -0.05) is 6.92 Å². The van der Waals surface area contributed by atoms with E-state index < -0.39 is 0 Å². The Labute approximate surface area is 160 Å². The van der Waals surface area contributed by atoms with E-state index in [4.69, 9.17) is 14.5 Å². The smallest absolute Gasteiger partial charge is 0.191 e. The van der Waals surface area contributed by atoms with Crippen molar-refractivity contribution in [3.05, 3.63) is 29.1 Å². The fourth-order valence-corrected chi connectivity index (χ4v) is 3.96. The van der Waals surface area contributed by atoms with Crippen LogP contribution in [-0.2, 0) is 17.9 Å². The van der Waals surface area contributed by atoms with Gasteiger partial charge in [0.25, 0.3) is 0 Å². The summed E-state index contributed by atoms with van der Waals surface area (Å²) in [6.07, 6.45) is 2.67. The second-order valence-corrected chi connectivity index (χ2v) is 7.77. The molecule has 2 atom stereocenters. The van der Waals surface area contributed by atoms with Gasteiger partial charge in [0.15, 0.2) is 12.8 Å². The first-order chi connectivity index (χ1) is 13.1. The number of ether oxygens (including phenoxy) is 2. The maximum atomic E-state index is 13.9. The first-order valence-corrected chi connectivity index (χ1v) is 9.94. The molecule has 1 aromatic rings. The Balaban J connectivity index is 1.46. The predicted molar refractivity (Wildman–Crippen MR) is 102 cm³/mol. The van der Waals surface area contributed by atoms with Crippen LogP contribution in [0.1, 0.15) is 37.8 Å². The molecule has 4 rings (SSSR count). The Morgan fingerprint density at radius 3 is 2.96 bits per heavy atom. The van der Waals surface area contributed by atoms with Crippen LogP contribution < -0.4 is 15.4 Å². The third-order valence-corrected chi connectivity index (χ3v) is 5.53. The molecule has 27 heavy (non-hydrogen) atoms. The van der Waals surface area contributed by atoms with Crippen LogP contribution in [0, 0.1) is 11.7 Å². The van der Waals surface area contributed by atoms with Crippen molar-refractivity contribution in [3.63, 3.8) is 0 Å². The quantitative estimate of drug-likeness (QED) is 0.610. The van der Waals surface area contributed by atoms with Gasteiger partial charge < -0.3 is 20.1 Å². The number of aliphatic imine (C=N–C) groups is 1. The Morgan fingerprint density at radius 2 is 2.19 bits per heavy atom. The number of benzene rings is 1. The second kappa shape index (κ2) is 8.02. The zero-order valence-electron chi connectivity index (χ0n) is 16.1. The number of hydrogen-bond donors (Lipinski definition) is 2. The van der Waals surface area contributed by atoms with Gasteiger partial charge in [0.2, 0.25) is 0 Å². The molecule has 0 bridgehead atoms. The third kappa shape index (κ3) is 4.35. The van der Waals surface area contributed by atoms with E-state index in [2.05, 4.69) is 29.4 Å². The highest BCUT2D eigenvalue weighted by Crippen LogP contribution is 2.32. The normalized spacial score (nSPS) is 25.8. The van der Waals surface area contributed by atoms with E-state index >= 15 is 0 Å². The van der Waals surface area contributed by atoms with Crippen molar-refractivity contribution in [2.24, 2.45) is 10.9 Å². The van der Waals surface area contributed by atoms with E-state index in [1.54, 1.807) is 0 Å². The molecule has 0 amide bonds. The maximum absolute atomic E-state index is 13.9. The molecule has 1 aliphatic carbocycles. The summed E-state index contributed by atoms with van der Waals surface area (Å²) >= 11 is 0. The predicted octanol–water partition coefficient (Wildman–Crippen LogP) is 2.23. The zero-order chi connectivity index (χ0) is 18.8. The van der Waals surface area contributed by atoms with Crippen LogP contribution in [0.3, 0.4) is 0 Å². The lowest BCUT2D eigenvalue weighted by Crippen LogP contribution is -2.46. The highest BCUT2D eigenvalue weighted by molar-refractivity contribution is 5.80. The Kier molecular flexibility index (Phi) is 5.50. The van der Waals surface area contributed by atoms with Crippen LogP contribution in [0.4, 0.5) is 4.39 Å². The SMILES string of the molecule is CCNC(=NCc1cc(F)cc2c1OCOC2)NC1CN(C2CC2)CC1C. The van der Waals surface area contributed by atoms with E-state index in [1.807, 2.05) is 0 Å². The molecular formula is C20H29FN4O2. The molecule has 1 aromatic carbocycles. The van der Waals surface area contributed by atoms with Gasteiger partial charge in [0, 0.05) is 42.8 Å². The summed E-state index contributed by atoms with van der Waals surface area (Å²) in [6.45, 7) is 8.27. The van der Waals surface area contributed by atoms with Gasteiger partial charge in [0.05, 0.1) is 13.2 Å². The molecule has 0 spiro atoms.